The van der Waals surface area contributed by atoms with Gasteiger partial charge >= 0.3 is 5.97 Å². The van der Waals surface area contributed by atoms with Crippen LogP contribution in [0.4, 0.5) is 0 Å². The van der Waals surface area contributed by atoms with Gasteiger partial charge in [-0.05, 0) is 30.7 Å². The lowest BCUT2D eigenvalue weighted by Crippen LogP contribution is -2.02. The van der Waals surface area contributed by atoms with Crippen LogP contribution in [0, 0.1) is 0 Å². The van der Waals surface area contributed by atoms with Crippen LogP contribution in [0.3, 0.4) is 0 Å². The van der Waals surface area contributed by atoms with Crippen LogP contribution in [0.5, 0.6) is 5.75 Å². The number of carbonyl (C=O) groups is 1. The van der Waals surface area contributed by atoms with Gasteiger partial charge in [-0.2, -0.15) is 0 Å². The second-order valence-electron chi connectivity index (χ2n) is 5.14. The molecule has 2 N–H and O–H groups in total. The van der Waals surface area contributed by atoms with Crippen molar-refractivity contribution >= 4 is 28.5 Å². The van der Waals surface area contributed by atoms with Crippen LogP contribution in [0.2, 0.25) is 5.02 Å². The van der Waals surface area contributed by atoms with E-state index in [1.807, 2.05) is 43.3 Å². The Morgan fingerprint density at radius 1 is 1.22 bits per heavy atom. The normalized spacial score (nSPS) is 10.9. The first-order chi connectivity index (χ1) is 11.1. The maximum Gasteiger partial charge on any atom is 0.307 e. The van der Waals surface area contributed by atoms with Crippen LogP contribution in [0.15, 0.2) is 42.5 Å². The number of benzene rings is 2. The summed E-state index contributed by atoms with van der Waals surface area (Å²) in [5.74, 6) is -0.176. The highest BCUT2D eigenvalue weighted by Gasteiger charge is 2.19. The Morgan fingerprint density at radius 2 is 2.00 bits per heavy atom. The number of hydrogen-bond donors (Lipinski definition) is 2. The minimum Gasteiger partial charge on any atom is -0.493 e. The quantitative estimate of drug-likeness (QED) is 0.723. The van der Waals surface area contributed by atoms with Crippen molar-refractivity contribution in [1.29, 1.82) is 0 Å². The maximum atomic E-state index is 11.3. The number of H-pyrrole nitrogens is 1. The van der Waals surface area contributed by atoms with Crippen molar-refractivity contribution in [2.45, 2.75) is 13.3 Å². The molecule has 5 heteroatoms. The zero-order valence-corrected chi connectivity index (χ0v) is 13.4. The van der Waals surface area contributed by atoms with Crippen molar-refractivity contribution in [3.8, 4) is 17.0 Å². The fourth-order valence-corrected chi connectivity index (χ4v) is 2.98. The first-order valence-electron chi connectivity index (χ1n) is 7.35. The first-order valence-corrected chi connectivity index (χ1v) is 7.72. The summed E-state index contributed by atoms with van der Waals surface area (Å²) in [7, 11) is 0. The predicted molar refractivity (Wildman–Crippen MR) is 91.3 cm³/mol. The molecule has 0 fully saturated rings. The highest BCUT2D eigenvalue weighted by molar-refractivity contribution is 6.35. The minimum atomic E-state index is -0.888. The molecular formula is C18H16ClNO3. The topological polar surface area (TPSA) is 62.3 Å². The lowest BCUT2D eigenvalue weighted by Gasteiger charge is -2.10. The van der Waals surface area contributed by atoms with Crippen molar-refractivity contribution in [2.75, 3.05) is 6.61 Å². The van der Waals surface area contributed by atoms with Crippen molar-refractivity contribution in [3.05, 3.63) is 53.1 Å². The Kier molecular flexibility index (Phi) is 4.26. The third kappa shape index (κ3) is 2.90. The van der Waals surface area contributed by atoms with E-state index >= 15 is 0 Å². The number of ether oxygens (including phenoxy) is 1. The van der Waals surface area contributed by atoms with E-state index in [1.54, 1.807) is 6.07 Å². The van der Waals surface area contributed by atoms with E-state index in [1.165, 1.54) is 0 Å². The Balaban J connectivity index is 2.28. The van der Waals surface area contributed by atoms with E-state index in [4.69, 9.17) is 16.3 Å². The van der Waals surface area contributed by atoms with Crippen molar-refractivity contribution in [2.24, 2.45) is 0 Å². The van der Waals surface area contributed by atoms with Crippen LogP contribution in [0.25, 0.3) is 22.2 Å². The molecule has 0 unspecified atom stereocenters. The molecule has 3 rings (SSSR count). The molecule has 118 valence electrons. The molecule has 0 aliphatic heterocycles. The number of aliphatic carboxylic acids is 1. The number of para-hydroxylation sites is 2. The summed E-state index contributed by atoms with van der Waals surface area (Å²) < 4.78 is 5.68. The highest BCUT2D eigenvalue weighted by Crippen LogP contribution is 2.37. The lowest BCUT2D eigenvalue weighted by molar-refractivity contribution is -0.136. The molecule has 0 amide bonds. The Hall–Kier alpha value is -2.46. The second-order valence-corrected chi connectivity index (χ2v) is 5.55. The number of carboxylic acid groups (broad SMARTS) is 1. The summed E-state index contributed by atoms with van der Waals surface area (Å²) in [6, 6.07) is 13.1. The zero-order chi connectivity index (χ0) is 16.4. The molecule has 4 nitrogen and oxygen atoms in total. The number of nitrogens with one attached hydrogen (secondary N) is 1. The average molecular weight is 330 g/mol. The summed E-state index contributed by atoms with van der Waals surface area (Å²) in [4.78, 5) is 14.6. The molecule has 0 saturated carbocycles. The van der Waals surface area contributed by atoms with E-state index in [-0.39, 0.29) is 6.42 Å². The molecule has 1 heterocycles. The van der Waals surface area contributed by atoms with E-state index in [2.05, 4.69) is 4.98 Å². The molecule has 0 spiro atoms. The summed E-state index contributed by atoms with van der Waals surface area (Å²) in [6.45, 7) is 2.45. The Morgan fingerprint density at radius 3 is 2.74 bits per heavy atom. The molecule has 0 radical (unpaired) electrons. The van der Waals surface area contributed by atoms with Crippen molar-refractivity contribution in [1.82, 2.24) is 4.98 Å². The number of fused-ring (bicyclic) bond motifs is 1. The van der Waals surface area contributed by atoms with Crippen molar-refractivity contribution in [3.63, 3.8) is 0 Å². The van der Waals surface area contributed by atoms with Gasteiger partial charge in [0.15, 0.2) is 0 Å². The number of halogens is 1. The summed E-state index contributed by atoms with van der Waals surface area (Å²) >= 11 is 6.26. The lowest BCUT2D eigenvalue weighted by atomic mass is 10.0. The number of carboxylic acids is 1. The van der Waals surface area contributed by atoms with Gasteiger partial charge in [-0.15, -0.1) is 0 Å². The van der Waals surface area contributed by atoms with E-state index in [0.29, 0.717) is 22.9 Å². The van der Waals surface area contributed by atoms with Crippen LogP contribution in [-0.2, 0) is 11.2 Å². The molecule has 0 bridgehead atoms. The second kappa shape index (κ2) is 6.34. The Bertz CT molecular complexity index is 870. The molecule has 23 heavy (non-hydrogen) atoms. The van der Waals surface area contributed by atoms with E-state index in [0.717, 1.165) is 22.2 Å². The number of rotatable bonds is 5. The first kappa shape index (κ1) is 15.4. The average Bonchev–Trinajstić information content (AvgIpc) is 2.88. The zero-order valence-electron chi connectivity index (χ0n) is 12.6. The SMILES string of the molecule is CCOc1ccccc1-c1[nH]c2c(Cl)cccc2c1CC(=O)O. The van der Waals surface area contributed by atoms with Crippen LogP contribution < -0.4 is 4.74 Å². The van der Waals surface area contributed by atoms with Gasteiger partial charge in [0.25, 0.3) is 0 Å². The molecule has 0 aliphatic carbocycles. The molecular weight excluding hydrogens is 314 g/mol. The number of aromatic nitrogens is 1. The minimum absolute atomic E-state index is 0.0872. The fourth-order valence-electron chi connectivity index (χ4n) is 2.76. The summed E-state index contributed by atoms with van der Waals surface area (Å²) in [6.07, 6.45) is -0.0872. The van der Waals surface area contributed by atoms with Gasteiger partial charge in [0.05, 0.1) is 29.3 Å². The van der Waals surface area contributed by atoms with Gasteiger partial charge in [0.1, 0.15) is 5.75 Å². The van der Waals surface area contributed by atoms with Crippen molar-refractivity contribution < 1.29 is 14.6 Å². The third-order valence-electron chi connectivity index (χ3n) is 3.67. The molecule has 1 aromatic heterocycles. The number of hydrogen-bond acceptors (Lipinski definition) is 2. The van der Waals surface area contributed by atoms with Crippen LogP contribution >= 0.6 is 11.6 Å². The van der Waals surface area contributed by atoms with Gasteiger partial charge in [-0.25, -0.2) is 0 Å². The van der Waals surface area contributed by atoms with Gasteiger partial charge in [-0.3, -0.25) is 4.79 Å². The van der Waals surface area contributed by atoms with Gasteiger partial charge in [-0.1, -0.05) is 35.9 Å². The smallest absolute Gasteiger partial charge is 0.307 e. The van der Waals surface area contributed by atoms with Crippen LogP contribution in [0.1, 0.15) is 12.5 Å². The maximum absolute atomic E-state index is 11.3. The number of aromatic amines is 1. The van der Waals surface area contributed by atoms with Gasteiger partial charge in [0, 0.05) is 10.9 Å². The third-order valence-corrected chi connectivity index (χ3v) is 3.99. The predicted octanol–water partition coefficient (Wildman–Crippen LogP) is 4.51. The van der Waals surface area contributed by atoms with Gasteiger partial charge in [0.2, 0.25) is 0 Å². The molecule has 0 aliphatic rings. The van der Waals surface area contributed by atoms with Gasteiger partial charge < -0.3 is 14.8 Å². The highest BCUT2D eigenvalue weighted by atomic mass is 35.5. The molecule has 0 atom stereocenters. The molecule has 3 aromatic rings. The van der Waals surface area contributed by atoms with E-state index < -0.39 is 5.97 Å². The largest absolute Gasteiger partial charge is 0.493 e. The fraction of sp³-hybridized carbons (Fsp3) is 0.167. The van der Waals surface area contributed by atoms with Crippen LogP contribution in [-0.4, -0.2) is 22.7 Å². The standard InChI is InChI=1S/C18H16ClNO3/c1-2-23-15-9-4-3-6-12(15)17-13(10-16(21)22)11-7-5-8-14(19)18(11)20-17/h3-9,20H,2,10H2,1H3,(H,21,22). The molecule has 0 saturated heterocycles. The summed E-state index contributed by atoms with van der Waals surface area (Å²) in [5.41, 5.74) is 3.02. The van der Waals surface area contributed by atoms with E-state index in [9.17, 15) is 9.90 Å². The molecule has 2 aromatic carbocycles. The summed E-state index contributed by atoms with van der Waals surface area (Å²) in [5, 5.41) is 10.7. The monoisotopic (exact) mass is 329 g/mol. The Labute approximate surface area is 138 Å².